The van der Waals surface area contributed by atoms with Gasteiger partial charge in [-0.15, -0.1) is 0 Å². The largest absolute Gasteiger partial charge is 0.472 e. The van der Waals surface area contributed by atoms with Gasteiger partial charge in [-0.1, -0.05) is 42.5 Å². The number of pyridine rings is 1. The highest BCUT2D eigenvalue weighted by atomic mass is 16.5. The fourth-order valence-corrected chi connectivity index (χ4v) is 3.25. The number of nitrogen functional groups attached to an aromatic ring is 1. The third-order valence-electron chi connectivity index (χ3n) is 4.64. The first-order valence-electron chi connectivity index (χ1n) is 9.03. The lowest BCUT2D eigenvalue weighted by atomic mass is 10.1. The molecule has 0 spiro atoms. The van der Waals surface area contributed by atoms with E-state index in [1.54, 1.807) is 30.3 Å². The van der Waals surface area contributed by atoms with E-state index in [4.69, 9.17) is 15.2 Å². The van der Waals surface area contributed by atoms with Gasteiger partial charge < -0.3 is 15.2 Å². The Kier molecular flexibility index (Phi) is 4.87. The molecule has 2 N–H and O–H groups in total. The lowest BCUT2D eigenvalue weighted by Gasteiger charge is -2.33. The molecule has 7 heteroatoms. The number of hydrogen-bond donors (Lipinski definition) is 1. The first kappa shape index (κ1) is 18.5. The van der Waals surface area contributed by atoms with Gasteiger partial charge in [0.1, 0.15) is 5.82 Å². The monoisotopic (exact) mass is 389 g/mol. The minimum absolute atomic E-state index is 0.208. The van der Waals surface area contributed by atoms with Gasteiger partial charge in [-0.25, -0.2) is 9.78 Å². The highest BCUT2D eigenvalue weighted by Gasteiger charge is 2.36. The third kappa shape index (κ3) is 3.62. The van der Waals surface area contributed by atoms with Crippen molar-refractivity contribution in [1.29, 1.82) is 0 Å². The zero-order valence-corrected chi connectivity index (χ0v) is 15.7. The van der Waals surface area contributed by atoms with Crippen LogP contribution < -0.4 is 15.4 Å². The molecular weight excluding hydrogens is 370 g/mol. The van der Waals surface area contributed by atoms with Crippen molar-refractivity contribution in [2.45, 2.75) is 12.6 Å². The second-order valence-electron chi connectivity index (χ2n) is 6.58. The fraction of sp³-hybridized carbons (Fsp3) is 0.136. The van der Waals surface area contributed by atoms with Gasteiger partial charge in [0, 0.05) is 5.56 Å². The molecule has 1 aliphatic heterocycles. The van der Waals surface area contributed by atoms with E-state index in [1.807, 2.05) is 36.4 Å². The van der Waals surface area contributed by atoms with Crippen molar-refractivity contribution in [3.8, 4) is 5.75 Å². The van der Waals surface area contributed by atoms with Crippen LogP contribution in [0.1, 0.15) is 27.6 Å². The number of nitrogens with zero attached hydrogens (tertiary/aromatic N) is 2. The number of ether oxygens (including phenoxy) is 2. The smallest absolute Gasteiger partial charge is 0.337 e. The molecule has 0 radical (unpaired) electrons. The number of carbonyl (C=O) groups excluding carboxylic acids is 2. The molecule has 4 rings (SSSR count). The topological polar surface area (TPSA) is 94.8 Å². The molecule has 1 aliphatic rings. The summed E-state index contributed by atoms with van der Waals surface area (Å²) in [7, 11) is 1.33. The number of methoxy groups -OCH3 is 1. The first-order valence-corrected chi connectivity index (χ1v) is 9.03. The first-order chi connectivity index (χ1) is 14.1. The van der Waals surface area contributed by atoms with Crippen LogP contribution in [0.5, 0.6) is 5.75 Å². The van der Waals surface area contributed by atoms with Crippen LogP contribution in [0.3, 0.4) is 0 Å². The van der Waals surface area contributed by atoms with Crippen molar-refractivity contribution in [3.05, 3.63) is 83.4 Å². The number of aromatic nitrogens is 1. The Bertz CT molecular complexity index is 1070. The maximum atomic E-state index is 13.3. The van der Waals surface area contributed by atoms with Crippen LogP contribution in [0.2, 0.25) is 0 Å². The molecule has 1 atom stereocenters. The molecule has 0 fully saturated rings. The predicted molar refractivity (Wildman–Crippen MR) is 107 cm³/mol. The van der Waals surface area contributed by atoms with E-state index >= 15 is 0 Å². The number of esters is 1. The molecule has 2 heterocycles. The van der Waals surface area contributed by atoms with E-state index in [1.165, 1.54) is 12.0 Å². The number of rotatable bonds is 4. The van der Waals surface area contributed by atoms with Crippen molar-refractivity contribution < 1.29 is 19.1 Å². The number of anilines is 2. The SMILES string of the molecule is COC(=O)c1cccc(CN2C(=O)C(c3ccccc3)Oc3ccc(N)nc32)c1. The fourth-order valence-electron chi connectivity index (χ4n) is 3.25. The summed E-state index contributed by atoms with van der Waals surface area (Å²) in [6, 6.07) is 19.5. The molecule has 146 valence electrons. The van der Waals surface area contributed by atoms with E-state index in [-0.39, 0.29) is 18.3 Å². The van der Waals surface area contributed by atoms with Gasteiger partial charge >= 0.3 is 5.97 Å². The number of hydrogen-bond acceptors (Lipinski definition) is 6. The van der Waals surface area contributed by atoms with Gasteiger partial charge in [0.05, 0.1) is 19.2 Å². The summed E-state index contributed by atoms with van der Waals surface area (Å²) in [6.45, 7) is 0.208. The third-order valence-corrected chi connectivity index (χ3v) is 4.64. The number of fused-ring (bicyclic) bond motifs is 1. The zero-order chi connectivity index (χ0) is 20.4. The Morgan fingerprint density at radius 1 is 1.14 bits per heavy atom. The number of benzene rings is 2. The summed E-state index contributed by atoms with van der Waals surface area (Å²) >= 11 is 0. The molecular formula is C22H19N3O4. The number of nitrogens with two attached hydrogens (primary N) is 1. The van der Waals surface area contributed by atoms with Crippen LogP contribution in [-0.2, 0) is 16.1 Å². The van der Waals surface area contributed by atoms with Gasteiger partial charge in [0.25, 0.3) is 5.91 Å². The van der Waals surface area contributed by atoms with Gasteiger partial charge in [-0.3, -0.25) is 9.69 Å². The maximum absolute atomic E-state index is 13.3. The summed E-state index contributed by atoms with van der Waals surface area (Å²) < 4.78 is 10.7. The van der Waals surface area contributed by atoms with Crippen molar-refractivity contribution in [1.82, 2.24) is 4.98 Å². The standard InChI is InChI=1S/C22H19N3O4/c1-28-22(27)16-9-5-6-14(12-16)13-25-20-17(10-11-18(23)24-20)29-19(21(25)26)15-7-3-2-4-8-15/h2-12,19H,13H2,1H3,(H2,23,24). The Hall–Kier alpha value is -3.87. The molecule has 0 aliphatic carbocycles. The highest BCUT2D eigenvalue weighted by Crippen LogP contribution is 2.38. The molecule has 1 aromatic heterocycles. The summed E-state index contributed by atoms with van der Waals surface area (Å²) in [5.74, 6) is 0.407. The quantitative estimate of drug-likeness (QED) is 0.689. The van der Waals surface area contributed by atoms with E-state index in [0.717, 1.165) is 11.1 Å². The van der Waals surface area contributed by atoms with Crippen LogP contribution in [0.4, 0.5) is 11.6 Å². The lowest BCUT2D eigenvalue weighted by Crippen LogP contribution is -2.41. The number of amides is 1. The molecule has 0 saturated heterocycles. The molecule has 0 saturated carbocycles. The van der Waals surface area contributed by atoms with Crippen LogP contribution in [-0.4, -0.2) is 24.0 Å². The summed E-state index contributed by atoms with van der Waals surface area (Å²) in [5, 5.41) is 0. The van der Waals surface area contributed by atoms with E-state index in [2.05, 4.69) is 4.98 Å². The average Bonchev–Trinajstić information content (AvgIpc) is 2.76. The minimum Gasteiger partial charge on any atom is -0.472 e. The molecule has 3 aromatic rings. The lowest BCUT2D eigenvalue weighted by molar-refractivity contribution is -0.126. The summed E-state index contributed by atoms with van der Waals surface area (Å²) in [4.78, 5) is 31.0. The van der Waals surface area contributed by atoms with Crippen molar-refractivity contribution >= 4 is 23.5 Å². The highest BCUT2D eigenvalue weighted by molar-refractivity contribution is 5.99. The molecule has 1 unspecified atom stereocenters. The van der Waals surface area contributed by atoms with Crippen LogP contribution in [0, 0.1) is 0 Å². The Labute approximate surface area is 167 Å². The Morgan fingerprint density at radius 3 is 2.69 bits per heavy atom. The van der Waals surface area contributed by atoms with Crippen molar-refractivity contribution in [2.75, 3.05) is 17.7 Å². The minimum atomic E-state index is -0.794. The van der Waals surface area contributed by atoms with Gasteiger partial charge in [-0.2, -0.15) is 0 Å². The second kappa shape index (κ2) is 7.63. The molecule has 2 aromatic carbocycles. The number of carbonyl (C=O) groups is 2. The van der Waals surface area contributed by atoms with E-state index in [9.17, 15) is 9.59 Å². The van der Waals surface area contributed by atoms with E-state index in [0.29, 0.717) is 17.1 Å². The molecule has 1 amide bonds. The zero-order valence-electron chi connectivity index (χ0n) is 15.7. The van der Waals surface area contributed by atoms with Crippen LogP contribution >= 0.6 is 0 Å². The van der Waals surface area contributed by atoms with Gasteiger partial charge in [0.2, 0.25) is 6.10 Å². The molecule has 7 nitrogen and oxygen atoms in total. The molecule has 0 bridgehead atoms. The molecule has 29 heavy (non-hydrogen) atoms. The second-order valence-corrected chi connectivity index (χ2v) is 6.58. The Balaban J connectivity index is 1.73. The predicted octanol–water partition coefficient (Wildman–Crippen LogP) is 3.12. The van der Waals surface area contributed by atoms with Crippen LogP contribution in [0.25, 0.3) is 0 Å². The van der Waals surface area contributed by atoms with E-state index < -0.39 is 12.1 Å². The van der Waals surface area contributed by atoms with Crippen LogP contribution in [0.15, 0.2) is 66.7 Å². The summed E-state index contributed by atoms with van der Waals surface area (Å²) in [5.41, 5.74) is 7.75. The van der Waals surface area contributed by atoms with Gasteiger partial charge in [-0.05, 0) is 29.8 Å². The maximum Gasteiger partial charge on any atom is 0.337 e. The normalized spacial score (nSPS) is 15.4. The van der Waals surface area contributed by atoms with Crippen molar-refractivity contribution in [3.63, 3.8) is 0 Å². The Morgan fingerprint density at radius 2 is 1.93 bits per heavy atom. The summed E-state index contributed by atoms with van der Waals surface area (Å²) in [6.07, 6.45) is -0.794. The van der Waals surface area contributed by atoms with Crippen molar-refractivity contribution in [2.24, 2.45) is 0 Å². The average molecular weight is 389 g/mol. The van der Waals surface area contributed by atoms with Gasteiger partial charge in [0.15, 0.2) is 11.6 Å².